The molecule has 1 aromatic carbocycles. The zero-order valence-corrected chi connectivity index (χ0v) is 18.6. The van der Waals surface area contributed by atoms with Gasteiger partial charge in [-0.3, -0.25) is 14.8 Å². The number of anilines is 1. The number of aliphatic hydroxyl groups excluding tert-OH is 1. The molecule has 32 heavy (non-hydrogen) atoms. The van der Waals surface area contributed by atoms with Gasteiger partial charge < -0.3 is 15.2 Å². The first-order chi connectivity index (χ1) is 15.4. The Morgan fingerprint density at radius 3 is 2.78 bits per heavy atom. The van der Waals surface area contributed by atoms with Crippen LogP contribution in [-0.4, -0.2) is 69.0 Å². The van der Waals surface area contributed by atoms with Crippen LogP contribution in [-0.2, 0) is 4.74 Å². The Balaban J connectivity index is 1.34. The first kappa shape index (κ1) is 21.3. The lowest BCUT2D eigenvalue weighted by Crippen LogP contribution is -2.56. The third-order valence-corrected chi connectivity index (χ3v) is 7.21. The smallest absolute Gasteiger partial charge is 0.259 e. The fourth-order valence-corrected chi connectivity index (χ4v) is 5.11. The molecule has 8 nitrogen and oxygen atoms in total. The molecule has 2 saturated heterocycles. The van der Waals surface area contributed by atoms with Gasteiger partial charge in [-0.15, -0.1) is 0 Å². The predicted molar refractivity (Wildman–Crippen MR) is 122 cm³/mol. The van der Waals surface area contributed by atoms with Crippen molar-refractivity contribution in [2.75, 3.05) is 31.6 Å². The van der Waals surface area contributed by atoms with Gasteiger partial charge in [-0.25, -0.2) is 4.98 Å². The number of halogens is 1. The van der Waals surface area contributed by atoms with Crippen molar-refractivity contribution < 1.29 is 14.6 Å². The van der Waals surface area contributed by atoms with E-state index in [0.717, 1.165) is 47.3 Å². The lowest BCUT2D eigenvalue weighted by molar-refractivity contribution is -0.00211. The van der Waals surface area contributed by atoms with Crippen molar-refractivity contribution in [2.24, 2.45) is 0 Å². The second kappa shape index (κ2) is 8.44. The standard InChI is InChI=1S/C23H26ClN5O3/c1-23(13-32-12-20(23)30)29-4-2-14(3-5-29)18-6-15-8-21(25-9-16(15)7-19(18)24)28-22(31)17-10-26-27-11-17/h6-11,14,20,30H,2-5,12-13H2,1H3,(H,26,27)(H,25,28,31). The number of carbonyl (C=O) groups is 1. The summed E-state index contributed by atoms with van der Waals surface area (Å²) in [6, 6.07) is 5.93. The Labute approximate surface area is 190 Å². The normalized spacial score (nSPS) is 24.8. The molecule has 3 N–H and O–H groups in total. The lowest BCUT2D eigenvalue weighted by atomic mass is 9.85. The van der Waals surface area contributed by atoms with Crippen molar-refractivity contribution in [3.8, 4) is 0 Å². The van der Waals surface area contributed by atoms with Crippen LogP contribution in [0.2, 0.25) is 5.02 Å². The van der Waals surface area contributed by atoms with Gasteiger partial charge in [0.1, 0.15) is 5.82 Å². The van der Waals surface area contributed by atoms with Gasteiger partial charge in [0.15, 0.2) is 0 Å². The molecule has 4 heterocycles. The Kier molecular flexibility index (Phi) is 5.63. The summed E-state index contributed by atoms with van der Waals surface area (Å²) in [5, 5.41) is 22.3. The molecular weight excluding hydrogens is 430 g/mol. The maximum atomic E-state index is 12.3. The van der Waals surface area contributed by atoms with Crippen LogP contribution >= 0.6 is 11.6 Å². The van der Waals surface area contributed by atoms with Crippen LogP contribution in [0.25, 0.3) is 10.8 Å². The van der Waals surface area contributed by atoms with E-state index < -0.39 is 6.10 Å². The van der Waals surface area contributed by atoms with E-state index in [-0.39, 0.29) is 11.4 Å². The van der Waals surface area contributed by atoms with E-state index in [1.54, 1.807) is 6.20 Å². The summed E-state index contributed by atoms with van der Waals surface area (Å²) in [4.78, 5) is 19.0. The number of ether oxygens (including phenoxy) is 1. The second-order valence-electron chi connectivity index (χ2n) is 8.88. The Bertz CT molecular complexity index is 1130. The highest BCUT2D eigenvalue weighted by Gasteiger charge is 2.45. The van der Waals surface area contributed by atoms with E-state index in [1.165, 1.54) is 12.4 Å². The van der Waals surface area contributed by atoms with Crippen LogP contribution in [0.1, 0.15) is 41.6 Å². The number of nitrogens with one attached hydrogen (secondary N) is 2. The van der Waals surface area contributed by atoms with Gasteiger partial charge >= 0.3 is 0 Å². The largest absolute Gasteiger partial charge is 0.389 e. The highest BCUT2D eigenvalue weighted by molar-refractivity contribution is 6.32. The fraction of sp³-hybridized carbons (Fsp3) is 0.435. The van der Waals surface area contributed by atoms with Gasteiger partial charge in [0.2, 0.25) is 0 Å². The Hall–Kier alpha value is -2.52. The molecule has 1 amide bonds. The van der Waals surface area contributed by atoms with E-state index in [2.05, 4.69) is 38.4 Å². The Morgan fingerprint density at radius 1 is 1.28 bits per heavy atom. The molecule has 3 aromatic rings. The average Bonchev–Trinajstić information content (AvgIpc) is 3.45. The summed E-state index contributed by atoms with van der Waals surface area (Å²) in [5.74, 6) is 0.553. The number of nitrogens with zero attached hydrogens (tertiary/aromatic N) is 3. The predicted octanol–water partition coefficient (Wildman–Crippen LogP) is 3.19. The van der Waals surface area contributed by atoms with Gasteiger partial charge in [-0.05, 0) is 67.9 Å². The van der Waals surface area contributed by atoms with E-state index in [9.17, 15) is 9.90 Å². The molecule has 0 saturated carbocycles. The third-order valence-electron chi connectivity index (χ3n) is 6.88. The molecule has 2 unspecified atom stereocenters. The van der Waals surface area contributed by atoms with Crippen LogP contribution in [0.15, 0.2) is 36.8 Å². The monoisotopic (exact) mass is 455 g/mol. The number of H-pyrrole nitrogens is 1. The highest BCUT2D eigenvalue weighted by Crippen LogP contribution is 2.38. The number of likely N-dealkylation sites (tertiary alicyclic amines) is 1. The number of pyridine rings is 1. The quantitative estimate of drug-likeness (QED) is 0.558. The number of aromatic nitrogens is 3. The number of rotatable bonds is 4. The molecule has 0 bridgehead atoms. The van der Waals surface area contributed by atoms with Crippen LogP contribution in [0.4, 0.5) is 5.82 Å². The first-order valence-electron chi connectivity index (χ1n) is 10.8. The van der Waals surface area contributed by atoms with Crippen molar-refractivity contribution in [1.82, 2.24) is 20.1 Å². The topological polar surface area (TPSA) is 103 Å². The summed E-state index contributed by atoms with van der Waals surface area (Å²) < 4.78 is 5.51. The summed E-state index contributed by atoms with van der Waals surface area (Å²) in [6.07, 6.45) is 6.20. The van der Waals surface area contributed by atoms with Crippen molar-refractivity contribution in [2.45, 2.75) is 37.3 Å². The number of hydrogen-bond donors (Lipinski definition) is 3. The molecule has 5 rings (SSSR count). The molecule has 0 aliphatic carbocycles. The van der Waals surface area contributed by atoms with Crippen LogP contribution < -0.4 is 5.32 Å². The third kappa shape index (κ3) is 3.88. The number of benzene rings is 1. The van der Waals surface area contributed by atoms with Crippen LogP contribution in [0.3, 0.4) is 0 Å². The van der Waals surface area contributed by atoms with Gasteiger partial charge in [0, 0.05) is 22.8 Å². The van der Waals surface area contributed by atoms with Crippen molar-refractivity contribution >= 4 is 34.1 Å². The SMILES string of the molecule is CC1(N2CCC(c3cc4cc(NC(=O)c5cn[nH]c5)ncc4cc3Cl)CC2)COCC1O. The molecule has 0 radical (unpaired) electrons. The average molecular weight is 456 g/mol. The highest BCUT2D eigenvalue weighted by atomic mass is 35.5. The summed E-state index contributed by atoms with van der Waals surface area (Å²) in [6.45, 7) is 4.83. The van der Waals surface area contributed by atoms with Crippen molar-refractivity contribution in [1.29, 1.82) is 0 Å². The molecule has 2 aliphatic heterocycles. The molecule has 2 aromatic heterocycles. The number of aliphatic hydroxyl groups is 1. The minimum absolute atomic E-state index is 0.265. The summed E-state index contributed by atoms with van der Waals surface area (Å²) in [7, 11) is 0. The molecule has 2 atom stereocenters. The minimum atomic E-state index is -0.452. The maximum absolute atomic E-state index is 12.3. The Morgan fingerprint density at radius 2 is 2.09 bits per heavy atom. The van der Waals surface area contributed by atoms with Gasteiger partial charge in [0.05, 0.1) is 36.6 Å². The van der Waals surface area contributed by atoms with Crippen LogP contribution in [0.5, 0.6) is 0 Å². The molecule has 0 spiro atoms. The van der Waals surface area contributed by atoms with Gasteiger partial charge in [-0.2, -0.15) is 5.10 Å². The zero-order chi connectivity index (χ0) is 22.3. The molecule has 2 aliphatic rings. The minimum Gasteiger partial charge on any atom is -0.389 e. The second-order valence-corrected chi connectivity index (χ2v) is 9.29. The summed E-state index contributed by atoms with van der Waals surface area (Å²) >= 11 is 6.66. The number of hydrogen-bond acceptors (Lipinski definition) is 6. The van der Waals surface area contributed by atoms with Crippen molar-refractivity contribution in [3.63, 3.8) is 0 Å². The zero-order valence-electron chi connectivity index (χ0n) is 17.8. The first-order valence-corrected chi connectivity index (χ1v) is 11.2. The lowest BCUT2D eigenvalue weighted by Gasteiger charge is -2.43. The van der Waals surface area contributed by atoms with E-state index in [4.69, 9.17) is 16.3 Å². The van der Waals surface area contributed by atoms with Gasteiger partial charge in [0.25, 0.3) is 5.91 Å². The number of aromatic amines is 1. The summed E-state index contributed by atoms with van der Waals surface area (Å²) in [5.41, 5.74) is 1.25. The van der Waals surface area contributed by atoms with E-state index >= 15 is 0 Å². The number of carbonyl (C=O) groups excluding carboxylic acids is 1. The molecule has 168 valence electrons. The maximum Gasteiger partial charge on any atom is 0.259 e. The van der Waals surface area contributed by atoms with E-state index in [1.807, 2.05) is 12.1 Å². The number of amides is 1. The van der Waals surface area contributed by atoms with E-state index in [0.29, 0.717) is 30.5 Å². The molecular formula is C23H26ClN5O3. The van der Waals surface area contributed by atoms with Gasteiger partial charge in [-0.1, -0.05) is 11.6 Å². The molecule has 2 fully saturated rings. The fourth-order valence-electron chi connectivity index (χ4n) is 4.78. The number of fused-ring (bicyclic) bond motifs is 1. The van der Waals surface area contributed by atoms with Crippen LogP contribution in [0, 0.1) is 0 Å². The molecule has 9 heteroatoms. The van der Waals surface area contributed by atoms with Crippen molar-refractivity contribution in [3.05, 3.63) is 52.9 Å². The number of piperidine rings is 1.